The Labute approximate surface area is 247 Å². The molecule has 43 heavy (non-hydrogen) atoms. The van der Waals surface area contributed by atoms with Gasteiger partial charge in [-0.25, -0.2) is 0 Å². The molecule has 7 aromatic rings. The van der Waals surface area contributed by atoms with Gasteiger partial charge in [0.25, 0.3) is 0 Å². The maximum Gasteiger partial charge on any atom is 0.151 e. The van der Waals surface area contributed by atoms with Crippen molar-refractivity contribution in [1.29, 1.82) is 0 Å². The Morgan fingerprint density at radius 2 is 0.767 bits per heavy atom. The van der Waals surface area contributed by atoms with Crippen LogP contribution in [0, 0.1) is 0 Å². The third-order valence-electron chi connectivity index (χ3n) is 7.83. The van der Waals surface area contributed by atoms with Crippen LogP contribution in [0.2, 0.25) is 0 Å². The molecule has 204 valence electrons. The van der Waals surface area contributed by atoms with Gasteiger partial charge < -0.3 is 19.3 Å². The summed E-state index contributed by atoms with van der Waals surface area (Å²) in [5.41, 5.74) is 8.46. The first-order valence-corrected chi connectivity index (χ1v) is 14.1. The van der Waals surface area contributed by atoms with Crippen LogP contribution >= 0.6 is 0 Å². The van der Waals surface area contributed by atoms with Crippen molar-refractivity contribution in [2.75, 3.05) is 9.80 Å². The molecule has 6 aromatic carbocycles. The highest BCUT2D eigenvalue weighted by Crippen LogP contribution is 2.51. The summed E-state index contributed by atoms with van der Waals surface area (Å²) in [6.45, 7) is 0. The molecule has 0 amide bonds. The van der Waals surface area contributed by atoms with Crippen LogP contribution in [0.4, 0.5) is 34.1 Å². The fourth-order valence-corrected chi connectivity index (χ4v) is 5.86. The molecule has 0 saturated heterocycles. The highest BCUT2D eigenvalue weighted by Gasteiger charge is 2.27. The molecule has 0 saturated carbocycles. The first kappa shape index (κ1) is 23.6. The Bertz CT molecular complexity index is 2080. The minimum absolute atomic E-state index is 0.805. The average molecular weight is 558 g/mol. The summed E-state index contributed by atoms with van der Waals surface area (Å²) in [6.07, 6.45) is 0. The number of anilines is 6. The predicted molar refractivity (Wildman–Crippen MR) is 168 cm³/mol. The van der Waals surface area contributed by atoms with Crippen molar-refractivity contribution < 1.29 is 9.47 Å². The van der Waals surface area contributed by atoms with Crippen LogP contribution in [0.15, 0.2) is 140 Å². The summed E-state index contributed by atoms with van der Waals surface area (Å²) in [6, 6.07) is 46.8. The molecule has 9 rings (SSSR count). The van der Waals surface area contributed by atoms with Crippen LogP contribution in [-0.2, 0) is 0 Å². The third kappa shape index (κ3) is 3.75. The second-order valence-electron chi connectivity index (χ2n) is 10.4. The van der Waals surface area contributed by atoms with E-state index in [1.165, 1.54) is 0 Å². The van der Waals surface area contributed by atoms with Crippen molar-refractivity contribution in [3.05, 3.63) is 140 Å². The molecule has 2 aliphatic rings. The van der Waals surface area contributed by atoms with E-state index in [2.05, 4.69) is 58.3 Å². The van der Waals surface area contributed by atoms with Crippen LogP contribution in [0.5, 0.6) is 23.0 Å². The number of aromatic nitrogens is 3. The summed E-state index contributed by atoms with van der Waals surface area (Å²) in [5.74, 6) is 3.28. The van der Waals surface area contributed by atoms with Gasteiger partial charge in [-0.15, -0.1) is 10.2 Å². The van der Waals surface area contributed by atoms with Gasteiger partial charge in [0.05, 0.1) is 28.4 Å². The molecule has 0 aliphatic carbocycles. The first-order chi connectivity index (χ1) is 21.3. The summed E-state index contributed by atoms with van der Waals surface area (Å²) in [7, 11) is 0. The van der Waals surface area contributed by atoms with E-state index in [-0.39, 0.29) is 0 Å². The number of rotatable bonds is 3. The summed E-state index contributed by atoms with van der Waals surface area (Å²) in [5, 5.41) is 9.68. The number of para-hydroxylation sites is 8. The van der Waals surface area contributed by atoms with E-state index in [1.54, 1.807) is 4.80 Å². The lowest BCUT2D eigenvalue weighted by Gasteiger charge is -2.32. The van der Waals surface area contributed by atoms with Crippen LogP contribution < -0.4 is 19.3 Å². The standard InChI is InChI=1S/C36H23N5O2/c1-5-13-33-29(9-1)39(30-10-2-6-14-34(30)42-33)24-17-19-25(20-18-24)41-37-27-22-21-26(23-28(27)38-41)40-31-11-3-7-15-35(31)43-36-16-8-4-12-32(36)40/h1-23H. The van der Waals surface area contributed by atoms with Crippen molar-refractivity contribution in [2.24, 2.45) is 0 Å². The lowest BCUT2D eigenvalue weighted by Crippen LogP contribution is -2.15. The van der Waals surface area contributed by atoms with Crippen molar-refractivity contribution >= 4 is 45.2 Å². The third-order valence-corrected chi connectivity index (χ3v) is 7.83. The van der Waals surface area contributed by atoms with Gasteiger partial charge in [-0.2, -0.15) is 4.80 Å². The number of nitrogens with zero attached hydrogens (tertiary/aromatic N) is 5. The van der Waals surface area contributed by atoms with Gasteiger partial charge in [-0.05, 0) is 91.0 Å². The molecule has 0 spiro atoms. The number of fused-ring (bicyclic) bond motifs is 5. The van der Waals surface area contributed by atoms with Gasteiger partial charge >= 0.3 is 0 Å². The fourth-order valence-electron chi connectivity index (χ4n) is 5.86. The molecule has 0 unspecified atom stereocenters. The number of hydrogen-bond donors (Lipinski definition) is 0. The van der Waals surface area contributed by atoms with E-state index in [1.807, 2.05) is 91.0 Å². The number of ether oxygens (including phenoxy) is 2. The van der Waals surface area contributed by atoms with Gasteiger partial charge in [0.1, 0.15) is 11.0 Å². The fraction of sp³-hybridized carbons (Fsp3) is 0. The number of hydrogen-bond acceptors (Lipinski definition) is 6. The zero-order chi connectivity index (χ0) is 28.3. The quantitative estimate of drug-likeness (QED) is 0.216. The molecule has 0 fully saturated rings. The van der Waals surface area contributed by atoms with Crippen molar-refractivity contribution in [3.8, 4) is 28.7 Å². The minimum Gasteiger partial charge on any atom is -0.453 e. The minimum atomic E-state index is 0.805. The molecule has 2 aliphatic heterocycles. The maximum absolute atomic E-state index is 6.19. The van der Waals surface area contributed by atoms with Crippen molar-refractivity contribution in [3.63, 3.8) is 0 Å². The molecule has 7 heteroatoms. The molecule has 1 aromatic heterocycles. The molecule has 0 bridgehead atoms. The Hall–Kier alpha value is -6.08. The normalized spacial score (nSPS) is 12.9. The monoisotopic (exact) mass is 557 g/mol. The molecule has 0 N–H and O–H groups in total. The van der Waals surface area contributed by atoms with Gasteiger partial charge in [0.2, 0.25) is 0 Å². The summed E-state index contributed by atoms with van der Waals surface area (Å²) >= 11 is 0. The van der Waals surface area contributed by atoms with Gasteiger partial charge in [-0.1, -0.05) is 48.5 Å². The molecule has 0 atom stereocenters. The predicted octanol–water partition coefficient (Wildman–Crippen LogP) is 9.57. The lowest BCUT2D eigenvalue weighted by atomic mass is 10.1. The van der Waals surface area contributed by atoms with Crippen molar-refractivity contribution in [2.45, 2.75) is 0 Å². The molecule has 7 nitrogen and oxygen atoms in total. The topological polar surface area (TPSA) is 55.7 Å². The lowest BCUT2D eigenvalue weighted by molar-refractivity contribution is 0.477. The SMILES string of the molecule is c1ccc2c(c1)Oc1ccccc1N2c1ccc(-n2nc3ccc(N4c5ccccc5Oc5ccccc54)cc3n2)cc1. The van der Waals surface area contributed by atoms with E-state index < -0.39 is 0 Å². The van der Waals surface area contributed by atoms with Gasteiger partial charge in [0, 0.05) is 11.4 Å². The highest BCUT2D eigenvalue weighted by molar-refractivity contribution is 5.90. The molecule has 0 radical (unpaired) electrons. The van der Waals surface area contributed by atoms with E-state index in [0.717, 1.165) is 73.8 Å². The van der Waals surface area contributed by atoms with Gasteiger partial charge in [-0.3, -0.25) is 0 Å². The Morgan fingerprint density at radius 1 is 0.372 bits per heavy atom. The van der Waals surface area contributed by atoms with Crippen LogP contribution in [-0.4, -0.2) is 15.0 Å². The van der Waals surface area contributed by atoms with E-state index in [9.17, 15) is 0 Å². The second-order valence-corrected chi connectivity index (χ2v) is 10.4. The Balaban J connectivity index is 1.08. The summed E-state index contributed by atoms with van der Waals surface area (Å²) < 4.78 is 12.4. The Morgan fingerprint density at radius 3 is 1.28 bits per heavy atom. The van der Waals surface area contributed by atoms with E-state index >= 15 is 0 Å². The zero-order valence-corrected chi connectivity index (χ0v) is 22.8. The van der Waals surface area contributed by atoms with E-state index in [4.69, 9.17) is 19.7 Å². The zero-order valence-electron chi connectivity index (χ0n) is 22.8. The molecular weight excluding hydrogens is 534 g/mol. The Kier molecular flexibility index (Phi) is 5.06. The van der Waals surface area contributed by atoms with E-state index in [0.29, 0.717) is 0 Å². The largest absolute Gasteiger partial charge is 0.453 e. The summed E-state index contributed by atoms with van der Waals surface area (Å²) in [4.78, 5) is 6.12. The van der Waals surface area contributed by atoms with Crippen LogP contribution in [0.25, 0.3) is 16.7 Å². The smallest absolute Gasteiger partial charge is 0.151 e. The molecular formula is C36H23N5O2. The first-order valence-electron chi connectivity index (χ1n) is 14.1. The van der Waals surface area contributed by atoms with Crippen LogP contribution in [0.1, 0.15) is 0 Å². The maximum atomic E-state index is 6.19. The second kappa shape index (κ2) is 9.22. The average Bonchev–Trinajstić information content (AvgIpc) is 3.50. The van der Waals surface area contributed by atoms with Crippen molar-refractivity contribution in [1.82, 2.24) is 15.0 Å². The molecule has 3 heterocycles. The number of benzene rings is 6. The highest BCUT2D eigenvalue weighted by atomic mass is 16.5. The van der Waals surface area contributed by atoms with Crippen LogP contribution in [0.3, 0.4) is 0 Å². The van der Waals surface area contributed by atoms with Gasteiger partial charge in [0.15, 0.2) is 23.0 Å².